The highest BCUT2D eigenvalue weighted by molar-refractivity contribution is 7.78. The van der Waals surface area contributed by atoms with E-state index in [1.54, 1.807) is 0 Å². The van der Waals surface area contributed by atoms with E-state index in [9.17, 15) is 4.57 Å². The van der Waals surface area contributed by atoms with Gasteiger partial charge in [0.05, 0.1) is 0 Å². The highest BCUT2D eigenvalue weighted by atomic mass is 31.2. The van der Waals surface area contributed by atoms with Gasteiger partial charge < -0.3 is 13.4 Å². The zero-order chi connectivity index (χ0) is 28.5. The number of hydrogen-bond acceptors (Lipinski definition) is 3. The largest absolute Gasteiger partial charge is 0.390 e. The van der Waals surface area contributed by atoms with E-state index in [1.807, 2.05) is 60.7 Å². The molecule has 0 bridgehead atoms. The molecule has 0 heterocycles. The molecule has 3 nitrogen and oxygen atoms in total. The minimum Gasteiger partial charge on any atom is -0.390 e. The van der Waals surface area contributed by atoms with Gasteiger partial charge in [0.25, 0.3) is 0 Å². The molecule has 0 amide bonds. The SMILES string of the molecule is CC(C)(C)[Si](C)(C)OC1(O[Si](C)(C)C(C)(C)C)CCCC(=CCP(=O)(c2ccccc2)c2ccccc2)C1. The van der Waals surface area contributed by atoms with Crippen LogP contribution in [0.4, 0.5) is 0 Å². The van der Waals surface area contributed by atoms with Gasteiger partial charge in [0.1, 0.15) is 7.14 Å². The summed E-state index contributed by atoms with van der Waals surface area (Å²) in [5, 5.41) is 2.02. The Bertz CT molecular complexity index is 1070. The lowest BCUT2D eigenvalue weighted by Gasteiger charge is -2.52. The fourth-order valence-electron chi connectivity index (χ4n) is 4.67. The Kier molecular flexibility index (Phi) is 9.33. The Morgan fingerprint density at radius 1 is 0.789 bits per heavy atom. The quantitative estimate of drug-likeness (QED) is 0.137. The molecule has 0 saturated heterocycles. The van der Waals surface area contributed by atoms with Crippen molar-refractivity contribution < 1.29 is 13.4 Å². The van der Waals surface area contributed by atoms with Crippen LogP contribution in [0.25, 0.3) is 0 Å². The minimum absolute atomic E-state index is 0.0917. The molecular weight excluding hydrogens is 519 g/mol. The van der Waals surface area contributed by atoms with Gasteiger partial charge in [0, 0.05) is 29.6 Å². The first-order valence-corrected chi connectivity index (χ1v) is 21.9. The highest BCUT2D eigenvalue weighted by Gasteiger charge is 2.51. The fourth-order valence-corrected chi connectivity index (χ4v) is 10.2. The van der Waals surface area contributed by atoms with Crippen molar-refractivity contribution >= 4 is 34.4 Å². The maximum Gasteiger partial charge on any atom is 0.195 e. The van der Waals surface area contributed by atoms with Crippen molar-refractivity contribution in [1.82, 2.24) is 0 Å². The van der Waals surface area contributed by atoms with Crippen molar-refractivity contribution in [2.75, 3.05) is 6.16 Å². The van der Waals surface area contributed by atoms with Gasteiger partial charge in [-0.25, -0.2) is 0 Å². The molecule has 6 heteroatoms. The van der Waals surface area contributed by atoms with Gasteiger partial charge >= 0.3 is 0 Å². The average molecular weight is 571 g/mol. The standard InChI is InChI=1S/C32H51O3PSi2/c1-30(2,3)37(7,8)34-32(35-38(9,10)31(4,5)6)24-17-18-27(26-32)23-25-36(33,28-19-13-11-14-20-28)29-21-15-12-16-22-29/h11-16,19-23H,17-18,24-26H2,1-10H3. The second-order valence-electron chi connectivity index (χ2n) is 14.1. The van der Waals surface area contributed by atoms with Gasteiger partial charge in [0.15, 0.2) is 22.4 Å². The second-order valence-corrected chi connectivity index (χ2v) is 26.4. The molecule has 1 aliphatic carbocycles. The van der Waals surface area contributed by atoms with Gasteiger partial charge in [-0.2, -0.15) is 0 Å². The van der Waals surface area contributed by atoms with Crippen molar-refractivity contribution in [3.8, 4) is 0 Å². The molecule has 0 aliphatic heterocycles. The molecule has 1 aliphatic rings. The van der Waals surface area contributed by atoms with Crippen LogP contribution in [0.1, 0.15) is 67.2 Å². The molecule has 0 N–H and O–H groups in total. The molecule has 1 saturated carbocycles. The molecule has 210 valence electrons. The van der Waals surface area contributed by atoms with Crippen LogP contribution in [0.5, 0.6) is 0 Å². The van der Waals surface area contributed by atoms with Gasteiger partial charge in [-0.1, -0.05) is 114 Å². The third-order valence-corrected chi connectivity index (χ3v) is 21.0. The number of rotatable bonds is 8. The predicted octanol–water partition coefficient (Wildman–Crippen LogP) is 9.24. The van der Waals surface area contributed by atoms with Crippen molar-refractivity contribution in [3.63, 3.8) is 0 Å². The lowest BCUT2D eigenvalue weighted by molar-refractivity contribution is -0.145. The maximum absolute atomic E-state index is 14.6. The minimum atomic E-state index is -2.81. The van der Waals surface area contributed by atoms with E-state index in [0.717, 1.165) is 36.3 Å². The van der Waals surface area contributed by atoms with Crippen molar-refractivity contribution in [3.05, 3.63) is 72.3 Å². The summed E-state index contributed by atoms with van der Waals surface area (Å²) in [5.74, 6) is -0.612. The zero-order valence-corrected chi connectivity index (χ0v) is 28.5. The summed E-state index contributed by atoms with van der Waals surface area (Å²) >= 11 is 0. The molecule has 2 aromatic rings. The normalized spacial score (nSPS) is 18.5. The summed E-state index contributed by atoms with van der Waals surface area (Å²) in [4.78, 5) is 0. The van der Waals surface area contributed by atoms with E-state index in [2.05, 4.69) is 73.8 Å². The molecule has 0 atom stereocenters. The summed E-state index contributed by atoms with van der Waals surface area (Å²) < 4.78 is 29.1. The predicted molar refractivity (Wildman–Crippen MR) is 170 cm³/mol. The van der Waals surface area contributed by atoms with Gasteiger partial charge in [-0.05, 0) is 49.1 Å². The Morgan fingerprint density at radius 2 is 1.21 bits per heavy atom. The Hall–Kier alpha value is -1.24. The van der Waals surface area contributed by atoms with Gasteiger partial charge in [-0.15, -0.1) is 0 Å². The maximum atomic E-state index is 14.6. The smallest absolute Gasteiger partial charge is 0.195 e. The Labute approximate surface area is 235 Å². The first kappa shape index (κ1) is 31.3. The fraction of sp³-hybridized carbons (Fsp3) is 0.562. The van der Waals surface area contributed by atoms with Crippen LogP contribution >= 0.6 is 7.14 Å². The number of hydrogen-bond donors (Lipinski definition) is 0. The summed E-state index contributed by atoms with van der Waals surface area (Å²) in [6.07, 6.45) is 6.49. The van der Waals surface area contributed by atoms with E-state index >= 15 is 0 Å². The van der Waals surface area contributed by atoms with Crippen LogP contribution in [0, 0.1) is 0 Å². The first-order valence-electron chi connectivity index (χ1n) is 14.2. The monoisotopic (exact) mass is 570 g/mol. The van der Waals surface area contributed by atoms with E-state index < -0.39 is 29.6 Å². The van der Waals surface area contributed by atoms with Crippen LogP contribution in [-0.4, -0.2) is 28.6 Å². The molecule has 0 spiro atoms. The van der Waals surface area contributed by atoms with Gasteiger partial charge in [-0.3, -0.25) is 0 Å². The zero-order valence-electron chi connectivity index (χ0n) is 25.6. The van der Waals surface area contributed by atoms with Crippen LogP contribution < -0.4 is 10.6 Å². The summed E-state index contributed by atoms with van der Waals surface area (Å²) in [6, 6.07) is 20.0. The Balaban J connectivity index is 2.00. The number of allylic oxidation sites excluding steroid dienone is 1. The summed E-state index contributed by atoms with van der Waals surface area (Å²) in [7, 11) is -7.01. The molecule has 0 radical (unpaired) electrons. The molecule has 0 aromatic heterocycles. The average Bonchev–Trinajstić information content (AvgIpc) is 2.81. The lowest BCUT2D eigenvalue weighted by Crippen LogP contribution is -2.57. The van der Waals surface area contributed by atoms with E-state index in [0.29, 0.717) is 6.16 Å². The Morgan fingerprint density at radius 3 is 1.61 bits per heavy atom. The highest BCUT2D eigenvalue weighted by Crippen LogP contribution is 2.50. The van der Waals surface area contributed by atoms with Gasteiger partial charge in [0.2, 0.25) is 0 Å². The lowest BCUT2D eigenvalue weighted by atomic mass is 9.90. The van der Waals surface area contributed by atoms with Crippen LogP contribution in [0.3, 0.4) is 0 Å². The van der Waals surface area contributed by atoms with Crippen LogP contribution in [0.15, 0.2) is 72.3 Å². The first-order chi connectivity index (χ1) is 17.4. The number of benzene rings is 2. The third-order valence-electron chi connectivity index (χ3n) is 9.03. The molecule has 38 heavy (non-hydrogen) atoms. The van der Waals surface area contributed by atoms with E-state index in [4.69, 9.17) is 8.85 Å². The van der Waals surface area contributed by atoms with Crippen molar-refractivity contribution in [1.29, 1.82) is 0 Å². The molecular formula is C32H51O3PSi2. The molecule has 1 fully saturated rings. The van der Waals surface area contributed by atoms with Crippen LogP contribution in [0.2, 0.25) is 36.3 Å². The molecule has 3 rings (SSSR count). The van der Waals surface area contributed by atoms with Crippen molar-refractivity contribution in [2.24, 2.45) is 0 Å². The summed E-state index contributed by atoms with van der Waals surface area (Å²) in [5.41, 5.74) is 1.32. The molecule has 2 aromatic carbocycles. The van der Waals surface area contributed by atoms with Crippen molar-refractivity contribution in [2.45, 2.75) is 109 Å². The van der Waals surface area contributed by atoms with E-state index in [1.165, 1.54) is 5.57 Å². The molecule has 0 unspecified atom stereocenters. The third kappa shape index (κ3) is 7.09. The second kappa shape index (κ2) is 11.3. The van der Waals surface area contributed by atoms with Crippen LogP contribution in [-0.2, 0) is 13.4 Å². The topological polar surface area (TPSA) is 35.5 Å². The van der Waals surface area contributed by atoms with E-state index in [-0.39, 0.29) is 10.1 Å². The summed E-state index contributed by atoms with van der Waals surface area (Å²) in [6.45, 7) is 23.1.